The van der Waals surface area contributed by atoms with Gasteiger partial charge in [0, 0.05) is 11.3 Å². The number of thiocarbonyl (C=S) groups is 1. The number of carbonyl (C=O) groups is 3. The van der Waals surface area contributed by atoms with Crippen molar-refractivity contribution in [2.24, 2.45) is 0 Å². The molecule has 0 saturated carbocycles. The Bertz CT molecular complexity index is 1200. The van der Waals surface area contributed by atoms with Crippen molar-refractivity contribution in [1.82, 2.24) is 10.4 Å². The van der Waals surface area contributed by atoms with E-state index in [4.69, 9.17) is 17.0 Å². The van der Waals surface area contributed by atoms with Gasteiger partial charge in [0.05, 0.1) is 19.2 Å². The first-order valence-electron chi connectivity index (χ1n) is 10.5. The lowest BCUT2D eigenvalue weighted by atomic mass is 10.1. The lowest BCUT2D eigenvalue weighted by Crippen LogP contribution is -2.49. The molecule has 1 heterocycles. The van der Waals surface area contributed by atoms with Crippen molar-refractivity contribution in [2.75, 3.05) is 17.3 Å². The molecule has 1 aliphatic heterocycles. The first-order valence-corrected chi connectivity index (χ1v) is 10.9. The molecule has 34 heavy (non-hydrogen) atoms. The van der Waals surface area contributed by atoms with E-state index in [1.165, 1.54) is 9.91 Å². The second kappa shape index (κ2) is 10.1. The Morgan fingerprint density at radius 3 is 2.18 bits per heavy atom. The minimum Gasteiger partial charge on any atom is -0.497 e. The number of hydrogen-bond acceptors (Lipinski definition) is 5. The van der Waals surface area contributed by atoms with Crippen LogP contribution in [0.5, 0.6) is 5.75 Å². The molecule has 9 heteroatoms. The zero-order valence-corrected chi connectivity index (χ0v) is 19.1. The van der Waals surface area contributed by atoms with E-state index in [1.807, 2.05) is 6.07 Å². The van der Waals surface area contributed by atoms with Crippen LogP contribution in [0, 0.1) is 0 Å². The van der Waals surface area contributed by atoms with Gasteiger partial charge in [0.1, 0.15) is 11.8 Å². The number of hydrogen-bond donors (Lipinski definition) is 2. The van der Waals surface area contributed by atoms with Crippen molar-refractivity contribution in [3.05, 3.63) is 90.5 Å². The summed E-state index contributed by atoms with van der Waals surface area (Å²) in [7, 11) is 1.54. The predicted octanol–water partition coefficient (Wildman–Crippen LogP) is 3.37. The second-order valence-electron chi connectivity index (χ2n) is 7.47. The molecule has 8 nitrogen and oxygen atoms in total. The Labute approximate surface area is 202 Å². The van der Waals surface area contributed by atoms with Crippen LogP contribution in [0.25, 0.3) is 0 Å². The molecule has 1 fully saturated rings. The largest absolute Gasteiger partial charge is 0.497 e. The van der Waals surface area contributed by atoms with Crippen molar-refractivity contribution < 1.29 is 19.1 Å². The van der Waals surface area contributed by atoms with Gasteiger partial charge in [-0.25, -0.2) is 5.01 Å². The fourth-order valence-corrected chi connectivity index (χ4v) is 3.91. The van der Waals surface area contributed by atoms with Crippen molar-refractivity contribution in [1.29, 1.82) is 0 Å². The molecule has 2 N–H and O–H groups in total. The molecule has 3 aromatic carbocycles. The van der Waals surface area contributed by atoms with Gasteiger partial charge in [0.2, 0.25) is 11.0 Å². The normalized spacial score (nSPS) is 15.3. The van der Waals surface area contributed by atoms with Crippen molar-refractivity contribution in [3.63, 3.8) is 0 Å². The highest BCUT2D eigenvalue weighted by Crippen LogP contribution is 2.28. The van der Waals surface area contributed by atoms with E-state index < -0.39 is 17.9 Å². The van der Waals surface area contributed by atoms with Gasteiger partial charge in [-0.1, -0.05) is 36.4 Å². The Morgan fingerprint density at radius 1 is 0.941 bits per heavy atom. The molecule has 4 rings (SSSR count). The summed E-state index contributed by atoms with van der Waals surface area (Å²) in [4.78, 5) is 40.3. The summed E-state index contributed by atoms with van der Waals surface area (Å²) in [6.45, 7) is 0. The monoisotopic (exact) mass is 474 g/mol. The van der Waals surface area contributed by atoms with Crippen LogP contribution in [0.4, 0.5) is 11.4 Å². The predicted molar refractivity (Wildman–Crippen MR) is 132 cm³/mol. The van der Waals surface area contributed by atoms with E-state index in [0.717, 1.165) is 0 Å². The molecule has 3 amide bonds. The van der Waals surface area contributed by atoms with E-state index in [0.29, 0.717) is 22.7 Å². The van der Waals surface area contributed by atoms with E-state index in [-0.39, 0.29) is 17.4 Å². The highest BCUT2D eigenvalue weighted by molar-refractivity contribution is 7.80. The standard InChI is InChI=1S/C25H22N4O4S/c1-33-20-14-12-19(13-15-20)28-24(32)21(16-22(30)26-18-10-6-3-7-11-18)29(25(28)34)27-23(31)17-8-4-2-5-9-17/h2-15,21H,16H2,1H3,(H,26,30)(H,27,31). The quantitative estimate of drug-likeness (QED) is 0.511. The fraction of sp³-hybridized carbons (Fsp3) is 0.120. The van der Waals surface area contributed by atoms with E-state index in [9.17, 15) is 14.4 Å². The van der Waals surface area contributed by atoms with Crippen LogP contribution >= 0.6 is 12.2 Å². The van der Waals surface area contributed by atoms with Gasteiger partial charge in [-0.05, 0) is 60.7 Å². The van der Waals surface area contributed by atoms with Crippen molar-refractivity contribution in [3.8, 4) is 5.75 Å². The van der Waals surface area contributed by atoms with Crippen LogP contribution < -0.4 is 20.4 Å². The van der Waals surface area contributed by atoms with Gasteiger partial charge in [0.15, 0.2) is 0 Å². The molecule has 1 unspecified atom stereocenters. The summed E-state index contributed by atoms with van der Waals surface area (Å²) in [6.07, 6.45) is -0.213. The molecule has 1 aliphatic rings. The Morgan fingerprint density at radius 2 is 1.56 bits per heavy atom. The SMILES string of the molecule is COc1ccc(N2C(=O)C(CC(=O)Nc3ccccc3)N(NC(=O)c3ccccc3)C2=S)cc1. The average molecular weight is 475 g/mol. The number of para-hydroxylation sites is 1. The minimum absolute atomic E-state index is 0.0666. The summed E-state index contributed by atoms with van der Waals surface area (Å²) >= 11 is 5.56. The minimum atomic E-state index is -1.02. The van der Waals surface area contributed by atoms with E-state index in [2.05, 4.69) is 10.7 Å². The van der Waals surface area contributed by atoms with Gasteiger partial charge >= 0.3 is 0 Å². The highest BCUT2D eigenvalue weighted by Gasteiger charge is 2.45. The summed E-state index contributed by atoms with van der Waals surface area (Å²) in [5.41, 5.74) is 4.20. The Hall–Kier alpha value is -4.24. The smallest absolute Gasteiger partial charge is 0.269 e. The number of nitrogens with one attached hydrogen (secondary N) is 2. The fourth-order valence-electron chi connectivity index (χ4n) is 3.54. The lowest BCUT2D eigenvalue weighted by molar-refractivity contribution is -0.124. The van der Waals surface area contributed by atoms with Crippen LogP contribution in [0.2, 0.25) is 0 Å². The van der Waals surface area contributed by atoms with Gasteiger partial charge in [-0.3, -0.25) is 24.7 Å². The molecule has 0 radical (unpaired) electrons. The number of benzene rings is 3. The molecule has 0 spiro atoms. The van der Waals surface area contributed by atoms with Crippen LogP contribution in [-0.4, -0.2) is 41.0 Å². The van der Waals surface area contributed by atoms with E-state index >= 15 is 0 Å². The van der Waals surface area contributed by atoms with Gasteiger partial charge in [-0.2, -0.15) is 0 Å². The number of amides is 3. The third-order valence-electron chi connectivity index (χ3n) is 5.24. The molecule has 0 aliphatic carbocycles. The molecule has 1 atom stereocenters. The maximum Gasteiger partial charge on any atom is 0.269 e. The van der Waals surface area contributed by atoms with Crippen LogP contribution in [0.15, 0.2) is 84.9 Å². The highest BCUT2D eigenvalue weighted by atomic mass is 32.1. The zero-order valence-electron chi connectivity index (χ0n) is 18.3. The van der Waals surface area contributed by atoms with Gasteiger partial charge in [0.25, 0.3) is 11.8 Å². The Kier molecular flexibility index (Phi) is 6.84. The first kappa shape index (κ1) is 22.9. The second-order valence-corrected chi connectivity index (χ2v) is 7.83. The summed E-state index contributed by atoms with van der Waals surface area (Å²) in [5.74, 6) is -0.634. The molecule has 0 bridgehead atoms. The lowest BCUT2D eigenvalue weighted by Gasteiger charge is -2.24. The molecule has 172 valence electrons. The third-order valence-corrected chi connectivity index (χ3v) is 5.62. The molecular formula is C25H22N4O4S. The van der Waals surface area contributed by atoms with Crippen LogP contribution in [0.3, 0.4) is 0 Å². The number of carbonyl (C=O) groups excluding carboxylic acids is 3. The maximum atomic E-state index is 13.4. The van der Waals surface area contributed by atoms with Crippen LogP contribution in [0.1, 0.15) is 16.8 Å². The number of anilines is 2. The summed E-state index contributed by atoms with van der Waals surface area (Å²) in [6, 6.07) is 23.2. The number of ether oxygens (including phenoxy) is 1. The first-order chi connectivity index (χ1) is 16.5. The van der Waals surface area contributed by atoms with Crippen molar-refractivity contribution in [2.45, 2.75) is 12.5 Å². The molecule has 0 aromatic heterocycles. The number of methoxy groups -OCH3 is 1. The van der Waals surface area contributed by atoms with E-state index in [1.54, 1.807) is 86.0 Å². The molecule has 1 saturated heterocycles. The number of rotatable bonds is 7. The van der Waals surface area contributed by atoms with Gasteiger partial charge in [-0.15, -0.1) is 0 Å². The number of nitrogens with zero attached hydrogens (tertiary/aromatic N) is 2. The topological polar surface area (TPSA) is 91.0 Å². The number of hydrazine groups is 1. The van der Waals surface area contributed by atoms with Crippen LogP contribution in [-0.2, 0) is 9.59 Å². The summed E-state index contributed by atoms with van der Waals surface area (Å²) in [5, 5.41) is 4.12. The maximum absolute atomic E-state index is 13.4. The average Bonchev–Trinajstić information content (AvgIpc) is 3.09. The summed E-state index contributed by atoms with van der Waals surface area (Å²) < 4.78 is 5.18. The molecular weight excluding hydrogens is 452 g/mol. The zero-order chi connectivity index (χ0) is 24.1. The molecule has 3 aromatic rings. The van der Waals surface area contributed by atoms with Gasteiger partial charge < -0.3 is 10.1 Å². The third kappa shape index (κ3) is 4.89. The van der Waals surface area contributed by atoms with Crippen molar-refractivity contribution >= 4 is 46.4 Å². The Balaban J connectivity index is 1.60.